The van der Waals surface area contributed by atoms with Gasteiger partial charge in [-0.1, -0.05) is 6.07 Å². The second-order valence-corrected chi connectivity index (χ2v) is 6.73. The number of alkyl halides is 3. The monoisotopic (exact) mass is 433 g/mol. The van der Waals surface area contributed by atoms with E-state index in [0.717, 1.165) is 29.2 Å². The van der Waals surface area contributed by atoms with Crippen LogP contribution in [-0.4, -0.2) is 24.7 Å². The molecule has 1 amide bonds. The van der Waals surface area contributed by atoms with Gasteiger partial charge in [-0.25, -0.2) is 4.39 Å². The number of amides is 1. The van der Waals surface area contributed by atoms with Crippen molar-refractivity contribution in [1.82, 2.24) is 4.98 Å². The number of hydrogen-bond acceptors (Lipinski definition) is 4. The minimum Gasteiger partial charge on any atom is -0.494 e. The maximum absolute atomic E-state index is 13.7. The number of rotatable bonds is 3. The number of benzene rings is 2. The summed E-state index contributed by atoms with van der Waals surface area (Å²) in [6, 6.07) is 9.51. The lowest BCUT2D eigenvalue weighted by atomic mass is 9.99. The molecule has 1 aliphatic heterocycles. The fraction of sp³-hybridized carbons (Fsp3) is 0.143. The number of nitrogens with zero attached hydrogens (tertiary/aromatic N) is 2. The van der Waals surface area contributed by atoms with Crippen LogP contribution in [-0.2, 0) is 6.18 Å². The number of methoxy groups -OCH3 is 1. The number of hydrogen-bond donors (Lipinski definition) is 1. The zero-order chi connectivity index (χ0) is 22.3. The van der Waals surface area contributed by atoms with E-state index in [4.69, 9.17) is 4.74 Å². The molecule has 6 nitrogen and oxygen atoms in total. The summed E-state index contributed by atoms with van der Waals surface area (Å²) in [5, 5.41) is 0. The summed E-state index contributed by atoms with van der Waals surface area (Å²) in [4.78, 5) is 29.5. The molecule has 10 heteroatoms. The molecular formula is C21H15F4N3O3. The van der Waals surface area contributed by atoms with Crippen LogP contribution in [0.25, 0.3) is 0 Å². The quantitative estimate of drug-likeness (QED) is 0.626. The molecule has 1 aromatic heterocycles. The van der Waals surface area contributed by atoms with E-state index in [1.807, 2.05) is 0 Å². The van der Waals surface area contributed by atoms with Crippen LogP contribution in [0.2, 0.25) is 0 Å². The third-order valence-corrected chi connectivity index (χ3v) is 4.89. The van der Waals surface area contributed by atoms with Gasteiger partial charge < -0.3 is 14.6 Å². The largest absolute Gasteiger partial charge is 0.494 e. The Balaban J connectivity index is 1.96. The van der Waals surface area contributed by atoms with Crippen LogP contribution < -0.4 is 20.1 Å². The van der Waals surface area contributed by atoms with Gasteiger partial charge in [0.25, 0.3) is 5.91 Å². The third kappa shape index (κ3) is 3.60. The predicted octanol–water partition coefficient (Wildman–Crippen LogP) is 4.30. The lowest BCUT2D eigenvalue weighted by molar-refractivity contribution is -0.137. The van der Waals surface area contributed by atoms with E-state index in [1.54, 1.807) is 0 Å². The van der Waals surface area contributed by atoms with E-state index in [0.29, 0.717) is 0 Å². The molecule has 160 valence electrons. The number of ether oxygens (including phenoxy) is 1. The molecule has 0 unspecified atom stereocenters. The molecule has 2 heterocycles. The molecule has 1 N–H and O–H groups in total. The Kier molecular flexibility index (Phi) is 4.92. The molecular weight excluding hydrogens is 418 g/mol. The first-order valence-electron chi connectivity index (χ1n) is 9.02. The molecule has 0 radical (unpaired) electrons. The Morgan fingerprint density at radius 3 is 2.42 bits per heavy atom. The number of pyridine rings is 1. The van der Waals surface area contributed by atoms with Gasteiger partial charge in [-0.2, -0.15) is 13.2 Å². The SMILES string of the molecule is COc1cc(F)ccc1N1CN(c2ccc(=O)[nH]c2)C(=O)c2c1cccc2C(F)(F)F. The Hall–Kier alpha value is -3.82. The lowest BCUT2D eigenvalue weighted by Gasteiger charge is -2.39. The van der Waals surface area contributed by atoms with Gasteiger partial charge in [0.05, 0.1) is 35.3 Å². The Bertz CT molecular complexity index is 1200. The number of fused-ring (bicyclic) bond motifs is 1. The normalized spacial score (nSPS) is 13.9. The van der Waals surface area contributed by atoms with Crippen molar-refractivity contribution in [3.63, 3.8) is 0 Å². The second kappa shape index (κ2) is 7.46. The highest BCUT2D eigenvalue weighted by molar-refractivity contribution is 6.13. The van der Waals surface area contributed by atoms with Crippen LogP contribution >= 0.6 is 0 Å². The number of aromatic amines is 1. The van der Waals surface area contributed by atoms with Crippen molar-refractivity contribution in [2.45, 2.75) is 6.18 Å². The van der Waals surface area contributed by atoms with E-state index in [9.17, 15) is 27.2 Å². The van der Waals surface area contributed by atoms with Crippen LogP contribution in [0.15, 0.2) is 59.5 Å². The fourth-order valence-electron chi connectivity index (χ4n) is 3.49. The van der Waals surface area contributed by atoms with Crippen molar-refractivity contribution in [1.29, 1.82) is 0 Å². The van der Waals surface area contributed by atoms with Gasteiger partial charge in [0.1, 0.15) is 18.2 Å². The smallest absolute Gasteiger partial charge is 0.417 e. The van der Waals surface area contributed by atoms with E-state index >= 15 is 0 Å². The summed E-state index contributed by atoms with van der Waals surface area (Å²) >= 11 is 0. The van der Waals surface area contributed by atoms with Crippen molar-refractivity contribution in [3.05, 3.63) is 82.0 Å². The summed E-state index contributed by atoms with van der Waals surface area (Å²) in [7, 11) is 1.31. The van der Waals surface area contributed by atoms with Crippen molar-refractivity contribution in [2.75, 3.05) is 23.6 Å². The Morgan fingerprint density at radius 2 is 1.77 bits per heavy atom. The van der Waals surface area contributed by atoms with Gasteiger partial charge in [0.2, 0.25) is 5.56 Å². The minimum atomic E-state index is -4.78. The highest BCUT2D eigenvalue weighted by Gasteiger charge is 2.42. The lowest BCUT2D eigenvalue weighted by Crippen LogP contribution is -2.46. The Labute approximate surface area is 173 Å². The van der Waals surface area contributed by atoms with Gasteiger partial charge in [0.15, 0.2) is 0 Å². The standard InChI is InChI=1S/C21H15F4N3O3/c1-31-17-9-12(22)5-7-15(17)28-11-27(13-6-8-18(29)26-10-13)20(30)19-14(21(23,24)25)3-2-4-16(19)28/h2-10H,11H2,1H3,(H,26,29). The molecule has 4 rings (SSSR count). The molecule has 0 saturated carbocycles. The van der Waals surface area contributed by atoms with Crippen molar-refractivity contribution >= 4 is 23.0 Å². The molecule has 0 atom stereocenters. The van der Waals surface area contributed by atoms with Gasteiger partial charge in [0, 0.05) is 18.3 Å². The van der Waals surface area contributed by atoms with E-state index in [-0.39, 0.29) is 29.5 Å². The highest BCUT2D eigenvalue weighted by atomic mass is 19.4. The van der Waals surface area contributed by atoms with Crippen molar-refractivity contribution < 1.29 is 27.1 Å². The maximum atomic E-state index is 13.7. The number of halogens is 4. The molecule has 3 aromatic rings. The van der Waals surface area contributed by atoms with Crippen LogP contribution in [0.1, 0.15) is 15.9 Å². The van der Waals surface area contributed by atoms with Gasteiger partial charge in [-0.3, -0.25) is 14.5 Å². The summed E-state index contributed by atoms with van der Waals surface area (Å²) in [6.07, 6.45) is -3.55. The zero-order valence-corrected chi connectivity index (χ0v) is 16.0. The van der Waals surface area contributed by atoms with Crippen LogP contribution in [0, 0.1) is 5.82 Å². The zero-order valence-electron chi connectivity index (χ0n) is 16.0. The molecule has 31 heavy (non-hydrogen) atoms. The van der Waals surface area contributed by atoms with Crippen LogP contribution in [0.5, 0.6) is 5.75 Å². The molecule has 0 aliphatic carbocycles. The number of aromatic nitrogens is 1. The number of anilines is 3. The summed E-state index contributed by atoms with van der Waals surface area (Å²) in [5.41, 5.74) is -1.62. The molecule has 0 saturated heterocycles. The highest BCUT2D eigenvalue weighted by Crippen LogP contribution is 2.44. The molecule has 0 spiro atoms. The fourth-order valence-corrected chi connectivity index (χ4v) is 3.49. The number of carbonyl (C=O) groups excluding carboxylic acids is 1. The van der Waals surface area contributed by atoms with Gasteiger partial charge in [-0.15, -0.1) is 0 Å². The molecule has 2 aromatic carbocycles. The molecule has 0 bridgehead atoms. The van der Waals surface area contributed by atoms with Gasteiger partial charge in [-0.05, 0) is 30.3 Å². The summed E-state index contributed by atoms with van der Waals surface area (Å²) in [5.74, 6) is -1.39. The topological polar surface area (TPSA) is 65.6 Å². The maximum Gasteiger partial charge on any atom is 0.417 e. The average molecular weight is 433 g/mol. The number of carbonyl (C=O) groups is 1. The number of nitrogens with one attached hydrogen (secondary N) is 1. The third-order valence-electron chi connectivity index (χ3n) is 4.89. The second-order valence-electron chi connectivity index (χ2n) is 6.73. The average Bonchev–Trinajstić information content (AvgIpc) is 2.74. The summed E-state index contributed by atoms with van der Waals surface area (Å²) < 4.78 is 60.2. The molecule has 1 aliphatic rings. The minimum absolute atomic E-state index is 0.00501. The first-order chi connectivity index (χ1) is 14.7. The van der Waals surface area contributed by atoms with E-state index < -0.39 is 34.6 Å². The first kappa shape index (κ1) is 20.5. The Morgan fingerprint density at radius 1 is 1.00 bits per heavy atom. The van der Waals surface area contributed by atoms with Crippen LogP contribution in [0.3, 0.4) is 0 Å². The number of H-pyrrole nitrogens is 1. The first-order valence-corrected chi connectivity index (χ1v) is 9.02. The van der Waals surface area contributed by atoms with Gasteiger partial charge >= 0.3 is 6.18 Å². The molecule has 0 fully saturated rings. The van der Waals surface area contributed by atoms with Crippen molar-refractivity contribution in [3.8, 4) is 5.75 Å². The summed E-state index contributed by atoms with van der Waals surface area (Å²) in [6.45, 7) is -0.193. The predicted molar refractivity (Wildman–Crippen MR) is 105 cm³/mol. The van der Waals surface area contributed by atoms with E-state index in [1.165, 1.54) is 42.5 Å². The van der Waals surface area contributed by atoms with E-state index in [2.05, 4.69) is 4.98 Å². The van der Waals surface area contributed by atoms with Crippen LogP contribution in [0.4, 0.5) is 34.6 Å². The van der Waals surface area contributed by atoms with Crippen molar-refractivity contribution in [2.24, 2.45) is 0 Å².